The van der Waals surface area contributed by atoms with Gasteiger partial charge in [-0.25, -0.2) is 0 Å². The topological polar surface area (TPSA) is 17.1 Å². The van der Waals surface area contributed by atoms with Crippen molar-refractivity contribution in [3.63, 3.8) is 0 Å². The minimum Gasteiger partial charge on any atom is -0.294 e. The summed E-state index contributed by atoms with van der Waals surface area (Å²) in [6.45, 7) is 2.07. The van der Waals surface area contributed by atoms with E-state index in [2.05, 4.69) is 47.1 Å². The van der Waals surface area contributed by atoms with E-state index >= 15 is 0 Å². The molecule has 0 atom stereocenters. The van der Waals surface area contributed by atoms with Crippen LogP contribution in [0.2, 0.25) is 0 Å². The Morgan fingerprint density at radius 1 is 1.00 bits per heavy atom. The third kappa shape index (κ3) is 3.54. The first kappa shape index (κ1) is 13.0. The maximum atomic E-state index is 12.0. The van der Waals surface area contributed by atoms with Gasteiger partial charge in [0, 0.05) is 16.5 Å². The molecule has 0 aliphatic heterocycles. The van der Waals surface area contributed by atoms with Crippen molar-refractivity contribution in [2.24, 2.45) is 0 Å². The second kappa shape index (κ2) is 5.96. The van der Waals surface area contributed by atoms with Crippen LogP contribution in [-0.2, 0) is 6.42 Å². The van der Waals surface area contributed by atoms with E-state index < -0.39 is 0 Å². The molecule has 0 spiro atoms. The first-order valence-corrected chi connectivity index (χ1v) is 6.79. The van der Waals surface area contributed by atoms with Crippen LogP contribution >= 0.6 is 15.9 Å². The fraction of sp³-hybridized carbons (Fsp3) is 0.188. The van der Waals surface area contributed by atoms with Crippen molar-refractivity contribution in [3.8, 4) is 0 Å². The van der Waals surface area contributed by atoms with Gasteiger partial charge in [0.1, 0.15) is 0 Å². The van der Waals surface area contributed by atoms with E-state index in [-0.39, 0.29) is 5.78 Å². The number of Topliss-reactive ketones (excluding diaryl/α,β-unsaturated/α-hetero) is 1. The molecule has 0 heterocycles. The lowest BCUT2D eigenvalue weighted by Crippen LogP contribution is -2.00. The zero-order valence-electron chi connectivity index (χ0n) is 10.3. The molecule has 0 unspecified atom stereocenters. The van der Waals surface area contributed by atoms with E-state index in [4.69, 9.17) is 0 Å². The zero-order valence-corrected chi connectivity index (χ0v) is 11.9. The Balaban J connectivity index is 1.96. The number of ketones is 1. The van der Waals surface area contributed by atoms with Crippen LogP contribution in [0.5, 0.6) is 0 Å². The van der Waals surface area contributed by atoms with E-state index in [1.165, 1.54) is 11.1 Å². The molecule has 2 aromatic carbocycles. The standard InChI is InChI=1S/C16H15BrO/c1-12-2-4-13(5-3-12)6-11-16(18)14-7-9-15(17)10-8-14/h2-5,7-10H,6,11H2,1H3. The average molecular weight is 303 g/mol. The largest absolute Gasteiger partial charge is 0.294 e. The van der Waals surface area contributed by atoms with Crippen LogP contribution in [0.1, 0.15) is 27.9 Å². The molecule has 0 aliphatic rings. The van der Waals surface area contributed by atoms with E-state index in [1.54, 1.807) is 0 Å². The first-order chi connectivity index (χ1) is 8.65. The summed E-state index contributed by atoms with van der Waals surface area (Å²) < 4.78 is 0.998. The molecule has 2 aromatic rings. The monoisotopic (exact) mass is 302 g/mol. The summed E-state index contributed by atoms with van der Waals surface area (Å²) in [6.07, 6.45) is 1.36. The number of carbonyl (C=O) groups is 1. The molecule has 0 amide bonds. The van der Waals surface area contributed by atoms with Crippen LogP contribution in [0.15, 0.2) is 53.0 Å². The van der Waals surface area contributed by atoms with E-state index in [1.807, 2.05) is 24.3 Å². The van der Waals surface area contributed by atoms with Crippen molar-refractivity contribution in [2.45, 2.75) is 19.8 Å². The van der Waals surface area contributed by atoms with Crippen molar-refractivity contribution < 1.29 is 4.79 Å². The van der Waals surface area contributed by atoms with Gasteiger partial charge in [-0.1, -0.05) is 57.9 Å². The van der Waals surface area contributed by atoms with Gasteiger partial charge in [-0.15, -0.1) is 0 Å². The van der Waals surface area contributed by atoms with Crippen molar-refractivity contribution in [1.29, 1.82) is 0 Å². The van der Waals surface area contributed by atoms with Crippen molar-refractivity contribution in [3.05, 3.63) is 69.7 Å². The van der Waals surface area contributed by atoms with Gasteiger partial charge in [-0.2, -0.15) is 0 Å². The van der Waals surface area contributed by atoms with Gasteiger partial charge in [0.25, 0.3) is 0 Å². The molecular formula is C16H15BrO. The van der Waals surface area contributed by atoms with Gasteiger partial charge >= 0.3 is 0 Å². The van der Waals surface area contributed by atoms with Crippen LogP contribution in [0, 0.1) is 6.92 Å². The quantitative estimate of drug-likeness (QED) is 0.756. The van der Waals surface area contributed by atoms with E-state index in [9.17, 15) is 4.79 Å². The number of hydrogen-bond donors (Lipinski definition) is 0. The lowest BCUT2D eigenvalue weighted by atomic mass is 10.0. The van der Waals surface area contributed by atoms with Gasteiger partial charge in [0.2, 0.25) is 0 Å². The average Bonchev–Trinajstić information content (AvgIpc) is 2.38. The van der Waals surface area contributed by atoms with E-state index in [0.717, 1.165) is 16.5 Å². The molecule has 0 aliphatic carbocycles. The summed E-state index contributed by atoms with van der Waals surface area (Å²) in [6, 6.07) is 15.9. The summed E-state index contributed by atoms with van der Waals surface area (Å²) in [4.78, 5) is 12.0. The predicted molar refractivity (Wildman–Crippen MR) is 78.0 cm³/mol. The molecular weight excluding hydrogens is 288 g/mol. The highest BCUT2D eigenvalue weighted by Crippen LogP contribution is 2.13. The molecule has 2 rings (SSSR count). The Bertz CT molecular complexity index is 526. The maximum absolute atomic E-state index is 12.0. The first-order valence-electron chi connectivity index (χ1n) is 5.99. The Labute approximate surface area is 116 Å². The molecule has 0 N–H and O–H groups in total. The molecule has 0 radical (unpaired) electrons. The van der Waals surface area contributed by atoms with Crippen LogP contribution in [0.25, 0.3) is 0 Å². The lowest BCUT2D eigenvalue weighted by Gasteiger charge is -2.03. The highest BCUT2D eigenvalue weighted by molar-refractivity contribution is 9.10. The van der Waals surface area contributed by atoms with E-state index in [0.29, 0.717) is 6.42 Å². The molecule has 0 saturated carbocycles. The van der Waals surface area contributed by atoms with Crippen molar-refractivity contribution in [2.75, 3.05) is 0 Å². The summed E-state index contributed by atoms with van der Waals surface area (Å²) in [5, 5.41) is 0. The molecule has 0 saturated heterocycles. The number of rotatable bonds is 4. The second-order valence-electron chi connectivity index (χ2n) is 4.42. The predicted octanol–water partition coefficient (Wildman–Crippen LogP) is 4.57. The zero-order chi connectivity index (χ0) is 13.0. The number of halogens is 1. The summed E-state index contributed by atoms with van der Waals surface area (Å²) in [5.41, 5.74) is 3.24. The molecule has 92 valence electrons. The highest BCUT2D eigenvalue weighted by Gasteiger charge is 2.05. The smallest absolute Gasteiger partial charge is 0.163 e. The van der Waals surface area contributed by atoms with Crippen molar-refractivity contribution in [1.82, 2.24) is 0 Å². The number of hydrogen-bond acceptors (Lipinski definition) is 1. The van der Waals surface area contributed by atoms with Gasteiger partial charge in [-0.05, 0) is 31.0 Å². The summed E-state index contributed by atoms with van der Waals surface area (Å²) >= 11 is 3.37. The summed E-state index contributed by atoms with van der Waals surface area (Å²) in [5.74, 6) is 0.197. The van der Waals surface area contributed by atoms with Gasteiger partial charge < -0.3 is 0 Å². The molecule has 0 aromatic heterocycles. The third-order valence-electron chi connectivity index (χ3n) is 2.93. The lowest BCUT2D eigenvalue weighted by molar-refractivity contribution is 0.0983. The Kier molecular flexibility index (Phi) is 4.32. The molecule has 18 heavy (non-hydrogen) atoms. The molecule has 0 fully saturated rings. The normalized spacial score (nSPS) is 10.3. The Morgan fingerprint density at radius 2 is 1.61 bits per heavy atom. The molecule has 1 nitrogen and oxygen atoms in total. The molecule has 0 bridgehead atoms. The van der Waals surface area contributed by atoms with Gasteiger partial charge in [-0.3, -0.25) is 4.79 Å². The van der Waals surface area contributed by atoms with Crippen LogP contribution in [0.4, 0.5) is 0 Å². The van der Waals surface area contributed by atoms with Gasteiger partial charge in [0.15, 0.2) is 5.78 Å². The Morgan fingerprint density at radius 3 is 2.22 bits per heavy atom. The van der Waals surface area contributed by atoms with Crippen LogP contribution in [-0.4, -0.2) is 5.78 Å². The number of benzene rings is 2. The number of carbonyl (C=O) groups excluding carboxylic acids is 1. The minimum atomic E-state index is 0.197. The SMILES string of the molecule is Cc1ccc(CCC(=O)c2ccc(Br)cc2)cc1. The molecule has 2 heteroatoms. The second-order valence-corrected chi connectivity index (χ2v) is 5.33. The van der Waals surface area contributed by atoms with Gasteiger partial charge in [0.05, 0.1) is 0 Å². The fourth-order valence-corrected chi connectivity index (χ4v) is 2.06. The van der Waals surface area contributed by atoms with Crippen molar-refractivity contribution >= 4 is 21.7 Å². The maximum Gasteiger partial charge on any atom is 0.163 e. The van der Waals surface area contributed by atoms with Crippen LogP contribution < -0.4 is 0 Å². The highest BCUT2D eigenvalue weighted by atomic mass is 79.9. The number of aryl methyl sites for hydroxylation is 2. The van der Waals surface area contributed by atoms with Crippen LogP contribution in [0.3, 0.4) is 0 Å². The summed E-state index contributed by atoms with van der Waals surface area (Å²) in [7, 11) is 0. The minimum absolute atomic E-state index is 0.197. The Hall–Kier alpha value is -1.41. The third-order valence-corrected chi connectivity index (χ3v) is 3.46. The fourth-order valence-electron chi connectivity index (χ4n) is 1.79.